The van der Waals surface area contributed by atoms with E-state index in [1.807, 2.05) is 50.4 Å². The van der Waals surface area contributed by atoms with Crippen molar-refractivity contribution in [3.05, 3.63) is 108 Å². The van der Waals surface area contributed by atoms with Gasteiger partial charge in [0, 0.05) is 49.1 Å². The zero-order valence-electron chi connectivity index (χ0n) is 30.3. The molecule has 0 atom stereocenters. The van der Waals surface area contributed by atoms with E-state index in [4.69, 9.17) is 9.40 Å². The van der Waals surface area contributed by atoms with Crippen molar-refractivity contribution < 1.29 is 24.5 Å². The third-order valence-corrected chi connectivity index (χ3v) is 13.6. The van der Waals surface area contributed by atoms with E-state index >= 15 is 0 Å². The molecular formula is C43H49GeIrN3O-2. The monoisotopic (exact) mass is 890 g/mol. The van der Waals surface area contributed by atoms with E-state index in [1.54, 1.807) is 9.96 Å². The van der Waals surface area contributed by atoms with E-state index in [1.165, 1.54) is 37.7 Å². The van der Waals surface area contributed by atoms with Crippen molar-refractivity contribution in [1.82, 2.24) is 15.0 Å². The third kappa shape index (κ3) is 8.98. The van der Waals surface area contributed by atoms with Gasteiger partial charge >= 0.3 is 137 Å². The average Bonchev–Trinajstić information content (AvgIpc) is 3.68. The van der Waals surface area contributed by atoms with Gasteiger partial charge in [-0.3, -0.25) is 4.98 Å². The van der Waals surface area contributed by atoms with Crippen molar-refractivity contribution in [3.63, 3.8) is 0 Å². The molecule has 0 N–H and O–H groups in total. The molecule has 0 saturated heterocycles. The number of furan rings is 1. The Bertz CT molecular complexity index is 2030. The predicted octanol–water partition coefficient (Wildman–Crippen LogP) is 10.9. The molecule has 0 bridgehead atoms. The Morgan fingerprint density at radius 1 is 0.898 bits per heavy atom. The Labute approximate surface area is 309 Å². The minimum absolute atomic E-state index is 0. The summed E-state index contributed by atoms with van der Waals surface area (Å²) in [6, 6.07) is 27.4. The fourth-order valence-electron chi connectivity index (χ4n) is 7.19. The van der Waals surface area contributed by atoms with Crippen LogP contribution in [0.1, 0.15) is 69.0 Å². The fourth-order valence-corrected chi connectivity index (χ4v) is 10.5. The molecule has 6 heteroatoms. The summed E-state index contributed by atoms with van der Waals surface area (Å²) in [6.45, 7) is 10.8. The van der Waals surface area contributed by atoms with Crippen LogP contribution in [0.25, 0.3) is 44.5 Å². The molecule has 4 nitrogen and oxygen atoms in total. The van der Waals surface area contributed by atoms with Gasteiger partial charge in [-0.25, -0.2) is 0 Å². The Balaban J connectivity index is 0.000000190. The molecule has 1 saturated carbocycles. The molecule has 2 aromatic carbocycles. The molecular weight excluding hydrogens is 839 g/mol. The first kappa shape index (κ1) is 37.1. The minimum Gasteiger partial charge on any atom is 0 e. The van der Waals surface area contributed by atoms with Gasteiger partial charge in [0.25, 0.3) is 0 Å². The van der Waals surface area contributed by atoms with Crippen LogP contribution in [0.4, 0.5) is 0 Å². The van der Waals surface area contributed by atoms with Crippen LogP contribution in [0.2, 0.25) is 17.3 Å². The zero-order valence-corrected chi connectivity index (χ0v) is 34.8. The molecule has 0 unspecified atom stereocenters. The van der Waals surface area contributed by atoms with Gasteiger partial charge in [0.15, 0.2) is 0 Å². The van der Waals surface area contributed by atoms with Crippen LogP contribution >= 0.6 is 0 Å². The maximum atomic E-state index is 6.23. The first-order valence-corrected chi connectivity index (χ1v) is 24.8. The first-order chi connectivity index (χ1) is 22.9. The predicted molar refractivity (Wildman–Crippen MR) is 203 cm³/mol. The van der Waals surface area contributed by atoms with Crippen molar-refractivity contribution in [3.8, 4) is 22.5 Å². The smallest absolute Gasteiger partial charge is 0 e. The van der Waals surface area contributed by atoms with Gasteiger partial charge in [-0.1, -0.05) is 43.4 Å². The summed E-state index contributed by atoms with van der Waals surface area (Å²) < 4.78 is 7.82. The van der Waals surface area contributed by atoms with Crippen molar-refractivity contribution in [1.29, 1.82) is 0 Å². The maximum Gasteiger partial charge on any atom is 0 e. The number of hydrogen-bond donors (Lipinski definition) is 0. The number of aromatic nitrogens is 3. The van der Waals surface area contributed by atoms with Crippen LogP contribution in [0.3, 0.4) is 0 Å². The quantitative estimate of drug-likeness (QED) is 0.124. The number of aryl methyl sites for hydroxylation is 2. The van der Waals surface area contributed by atoms with Gasteiger partial charge in [0.1, 0.15) is 5.58 Å². The summed E-state index contributed by atoms with van der Waals surface area (Å²) in [5.41, 5.74) is 10.7. The second-order valence-electron chi connectivity index (χ2n) is 15.8. The SMILES string of the molecule is Cc1cc2oc3c(-c4cc(CC(C)(C)C)ccn4)[c-]ccc3c2c(C)n1.[CH3][Ge]([CH3])([CH3])[c]1cnc(-c2[c-]cccc2)cc1CC1CCCC1.[Ir]. The van der Waals surface area contributed by atoms with Crippen LogP contribution in [0, 0.1) is 37.3 Å². The fraction of sp³-hybridized carbons (Fsp3) is 0.372. The van der Waals surface area contributed by atoms with Gasteiger partial charge in [0.05, 0.1) is 5.58 Å². The Kier molecular flexibility index (Phi) is 11.7. The standard InChI is InChI=1S/C23H23N2O.C20H26GeN.Ir/c1-14-11-20-21(15(2)25-14)18-8-6-7-17(22(18)26-20)19-12-16(9-10-24-19)13-23(3,4)5;1-21(2,3)19-15-22-20(17-11-5-4-6-12-17)14-18(19)13-16-9-7-8-10-16;/h6,8-12H,13H2,1-5H3;4-6,11,14-16H,7-10,13H2,1-3H3;/q2*-1;. The molecule has 1 aliphatic carbocycles. The molecule has 0 spiro atoms. The van der Waals surface area contributed by atoms with E-state index in [9.17, 15) is 0 Å². The number of fused-ring (bicyclic) bond motifs is 3. The van der Waals surface area contributed by atoms with Gasteiger partial charge in [-0.05, 0) is 37.4 Å². The molecule has 257 valence electrons. The second-order valence-corrected chi connectivity index (χ2v) is 26.4. The molecule has 1 fully saturated rings. The topological polar surface area (TPSA) is 51.8 Å². The van der Waals surface area contributed by atoms with Gasteiger partial charge in [-0.15, -0.1) is 18.2 Å². The summed E-state index contributed by atoms with van der Waals surface area (Å²) in [4.78, 5) is 14.0. The molecule has 1 radical (unpaired) electrons. The van der Waals surface area contributed by atoms with Crippen LogP contribution < -0.4 is 4.40 Å². The van der Waals surface area contributed by atoms with Gasteiger partial charge in [0.2, 0.25) is 0 Å². The molecule has 6 aromatic rings. The van der Waals surface area contributed by atoms with Crippen molar-refractivity contribution in [2.45, 2.75) is 90.4 Å². The second kappa shape index (κ2) is 15.4. The molecule has 1 aliphatic rings. The summed E-state index contributed by atoms with van der Waals surface area (Å²) in [6.07, 6.45) is 12.0. The average molecular weight is 889 g/mol. The largest absolute Gasteiger partial charge is 0 e. The maximum absolute atomic E-state index is 6.23. The normalized spacial score (nSPS) is 13.7. The molecule has 4 heterocycles. The molecule has 0 aliphatic heterocycles. The van der Waals surface area contributed by atoms with E-state index < -0.39 is 13.3 Å². The number of rotatable bonds is 6. The molecule has 49 heavy (non-hydrogen) atoms. The van der Waals surface area contributed by atoms with E-state index in [2.05, 4.69) is 96.7 Å². The first-order valence-electron chi connectivity index (χ1n) is 17.5. The Morgan fingerprint density at radius 2 is 1.67 bits per heavy atom. The van der Waals surface area contributed by atoms with Crippen molar-refractivity contribution >= 4 is 39.6 Å². The van der Waals surface area contributed by atoms with Crippen LogP contribution in [0.5, 0.6) is 0 Å². The number of hydrogen-bond acceptors (Lipinski definition) is 4. The van der Waals surface area contributed by atoms with E-state index in [0.29, 0.717) is 0 Å². The summed E-state index contributed by atoms with van der Waals surface area (Å²) in [7, 11) is 0. The van der Waals surface area contributed by atoms with E-state index in [-0.39, 0.29) is 25.5 Å². The molecule has 4 aromatic heterocycles. The number of nitrogens with zero attached hydrogens (tertiary/aromatic N) is 3. The van der Waals surface area contributed by atoms with Crippen LogP contribution in [0.15, 0.2) is 77.5 Å². The van der Waals surface area contributed by atoms with E-state index in [0.717, 1.165) is 68.2 Å². The Hall–Kier alpha value is -3.12. The summed E-state index contributed by atoms with van der Waals surface area (Å²) >= 11 is -1.87. The number of benzene rings is 2. The van der Waals surface area contributed by atoms with Crippen molar-refractivity contribution in [2.24, 2.45) is 11.3 Å². The number of pyridine rings is 3. The summed E-state index contributed by atoms with van der Waals surface area (Å²) in [5.74, 6) is 8.31. The van der Waals surface area contributed by atoms with Crippen molar-refractivity contribution in [2.75, 3.05) is 0 Å². The van der Waals surface area contributed by atoms with Gasteiger partial charge in [-0.2, -0.15) is 0 Å². The summed E-state index contributed by atoms with van der Waals surface area (Å²) in [5, 5.41) is 2.15. The zero-order chi connectivity index (χ0) is 34.1. The van der Waals surface area contributed by atoms with Crippen LogP contribution in [-0.2, 0) is 32.9 Å². The third-order valence-electron chi connectivity index (χ3n) is 9.30. The van der Waals surface area contributed by atoms with Crippen LogP contribution in [-0.4, -0.2) is 28.2 Å². The minimum atomic E-state index is -1.87. The molecule has 0 amide bonds. The Morgan fingerprint density at radius 3 is 2.37 bits per heavy atom. The van der Waals surface area contributed by atoms with Gasteiger partial charge < -0.3 is 9.40 Å². The molecule has 7 rings (SSSR count).